The molecule has 4 nitrogen and oxygen atoms in total. The molecule has 1 heterocycles. The second kappa shape index (κ2) is 6.05. The zero-order valence-electron chi connectivity index (χ0n) is 11.3. The van der Waals surface area contributed by atoms with Gasteiger partial charge in [0.15, 0.2) is 0 Å². The number of rotatable bonds is 4. The van der Waals surface area contributed by atoms with E-state index >= 15 is 0 Å². The number of carbonyl (C=O) groups is 1. The molecule has 4 heteroatoms. The fourth-order valence-corrected chi connectivity index (χ4v) is 2.72. The number of hydrogen-bond acceptors (Lipinski definition) is 2. The molecule has 2 rings (SSSR count). The van der Waals surface area contributed by atoms with Gasteiger partial charge in [-0.05, 0) is 44.9 Å². The first kappa shape index (κ1) is 13.1. The van der Waals surface area contributed by atoms with Gasteiger partial charge in [0.1, 0.15) is 0 Å². The van der Waals surface area contributed by atoms with Crippen LogP contribution < -0.4 is 5.32 Å². The predicted octanol–water partition coefficient (Wildman–Crippen LogP) is 1.55. The van der Waals surface area contributed by atoms with E-state index in [1.807, 2.05) is 37.3 Å². The minimum Gasteiger partial charge on any atom is -0.365 e. The van der Waals surface area contributed by atoms with Crippen molar-refractivity contribution >= 4 is 5.91 Å². The quantitative estimate of drug-likeness (QED) is 0.850. The van der Waals surface area contributed by atoms with Gasteiger partial charge in [-0.3, -0.25) is 4.79 Å². The van der Waals surface area contributed by atoms with Crippen LogP contribution in [0.1, 0.15) is 31.4 Å². The SMILES string of the molecule is CNC1CCC(N(C)C(=O)Cc2ccc[nH]2)CC1. The molecule has 1 aromatic heterocycles. The highest BCUT2D eigenvalue weighted by Gasteiger charge is 2.25. The summed E-state index contributed by atoms with van der Waals surface area (Å²) >= 11 is 0. The molecule has 0 radical (unpaired) electrons. The Kier molecular flexibility index (Phi) is 4.42. The molecule has 0 aromatic carbocycles. The van der Waals surface area contributed by atoms with Crippen LogP contribution >= 0.6 is 0 Å². The van der Waals surface area contributed by atoms with Crippen molar-refractivity contribution in [2.24, 2.45) is 0 Å². The van der Waals surface area contributed by atoms with Gasteiger partial charge in [0.05, 0.1) is 6.42 Å². The van der Waals surface area contributed by atoms with E-state index in [1.165, 1.54) is 12.8 Å². The summed E-state index contributed by atoms with van der Waals surface area (Å²) in [6.45, 7) is 0. The van der Waals surface area contributed by atoms with Crippen LogP contribution in [0.25, 0.3) is 0 Å². The van der Waals surface area contributed by atoms with Crippen molar-refractivity contribution < 1.29 is 4.79 Å². The first-order valence-electron chi connectivity index (χ1n) is 6.76. The number of aromatic nitrogens is 1. The highest BCUT2D eigenvalue weighted by atomic mass is 16.2. The lowest BCUT2D eigenvalue weighted by atomic mass is 9.90. The molecule has 1 fully saturated rings. The Bertz CT molecular complexity index is 366. The maximum absolute atomic E-state index is 12.2. The smallest absolute Gasteiger partial charge is 0.228 e. The molecule has 18 heavy (non-hydrogen) atoms. The molecule has 0 bridgehead atoms. The fraction of sp³-hybridized carbons (Fsp3) is 0.643. The molecule has 0 saturated heterocycles. The van der Waals surface area contributed by atoms with Crippen LogP contribution in [-0.4, -0.2) is 42.0 Å². The lowest BCUT2D eigenvalue weighted by Crippen LogP contribution is -2.43. The van der Waals surface area contributed by atoms with Crippen LogP contribution in [0.15, 0.2) is 18.3 Å². The number of H-pyrrole nitrogens is 1. The summed E-state index contributed by atoms with van der Waals surface area (Å²) < 4.78 is 0. The van der Waals surface area contributed by atoms with Crippen LogP contribution in [0, 0.1) is 0 Å². The molecule has 1 saturated carbocycles. The van der Waals surface area contributed by atoms with Gasteiger partial charge in [-0.25, -0.2) is 0 Å². The van der Waals surface area contributed by atoms with Gasteiger partial charge in [0, 0.05) is 31.0 Å². The molecule has 0 atom stereocenters. The number of amides is 1. The number of hydrogen-bond donors (Lipinski definition) is 2. The molecular weight excluding hydrogens is 226 g/mol. The van der Waals surface area contributed by atoms with E-state index in [0.29, 0.717) is 18.5 Å². The average Bonchev–Trinajstić information content (AvgIpc) is 2.91. The van der Waals surface area contributed by atoms with Gasteiger partial charge < -0.3 is 15.2 Å². The van der Waals surface area contributed by atoms with Crippen LogP contribution in [-0.2, 0) is 11.2 Å². The highest BCUT2D eigenvalue weighted by Crippen LogP contribution is 2.22. The van der Waals surface area contributed by atoms with Crippen LogP contribution in [0.4, 0.5) is 0 Å². The van der Waals surface area contributed by atoms with E-state index in [1.54, 1.807) is 0 Å². The van der Waals surface area contributed by atoms with Gasteiger partial charge in [0.2, 0.25) is 5.91 Å². The standard InChI is InChI=1S/C14H23N3O/c1-15-11-5-7-13(8-6-11)17(2)14(18)10-12-4-3-9-16-12/h3-4,9,11,13,15-16H,5-8,10H2,1-2H3. The summed E-state index contributed by atoms with van der Waals surface area (Å²) in [6.07, 6.45) is 6.90. The van der Waals surface area contributed by atoms with E-state index in [2.05, 4.69) is 10.3 Å². The van der Waals surface area contributed by atoms with Crippen molar-refractivity contribution in [1.82, 2.24) is 15.2 Å². The Hall–Kier alpha value is -1.29. The second-order valence-corrected chi connectivity index (χ2v) is 5.17. The third-order valence-electron chi connectivity index (χ3n) is 4.05. The van der Waals surface area contributed by atoms with Gasteiger partial charge in [-0.1, -0.05) is 0 Å². The minimum absolute atomic E-state index is 0.213. The van der Waals surface area contributed by atoms with E-state index in [4.69, 9.17) is 0 Å². The van der Waals surface area contributed by atoms with Gasteiger partial charge in [-0.2, -0.15) is 0 Å². The van der Waals surface area contributed by atoms with E-state index in [9.17, 15) is 4.79 Å². The Morgan fingerprint density at radius 1 is 1.44 bits per heavy atom. The Morgan fingerprint density at radius 3 is 2.72 bits per heavy atom. The average molecular weight is 249 g/mol. The molecular formula is C14H23N3O. The van der Waals surface area contributed by atoms with Crippen molar-refractivity contribution in [2.45, 2.75) is 44.2 Å². The fourth-order valence-electron chi connectivity index (χ4n) is 2.72. The molecule has 1 aliphatic carbocycles. The number of nitrogens with zero attached hydrogens (tertiary/aromatic N) is 1. The molecule has 1 aliphatic rings. The maximum atomic E-state index is 12.2. The molecule has 2 N–H and O–H groups in total. The van der Waals surface area contributed by atoms with Gasteiger partial charge in [-0.15, -0.1) is 0 Å². The van der Waals surface area contributed by atoms with E-state index in [0.717, 1.165) is 18.5 Å². The zero-order chi connectivity index (χ0) is 13.0. The van der Waals surface area contributed by atoms with Crippen molar-refractivity contribution in [1.29, 1.82) is 0 Å². The number of aromatic amines is 1. The Labute approximate surface area is 109 Å². The van der Waals surface area contributed by atoms with Crippen molar-refractivity contribution in [3.63, 3.8) is 0 Å². The maximum Gasteiger partial charge on any atom is 0.228 e. The molecule has 0 aliphatic heterocycles. The zero-order valence-corrected chi connectivity index (χ0v) is 11.3. The summed E-state index contributed by atoms with van der Waals surface area (Å²) in [7, 11) is 3.96. The largest absolute Gasteiger partial charge is 0.365 e. The summed E-state index contributed by atoms with van der Waals surface area (Å²) in [4.78, 5) is 17.2. The second-order valence-electron chi connectivity index (χ2n) is 5.17. The normalized spacial score (nSPS) is 23.9. The molecule has 100 valence electrons. The number of likely N-dealkylation sites (N-methyl/N-ethyl adjacent to an activating group) is 1. The monoisotopic (exact) mass is 249 g/mol. The predicted molar refractivity (Wildman–Crippen MR) is 72.4 cm³/mol. The van der Waals surface area contributed by atoms with E-state index < -0.39 is 0 Å². The number of carbonyl (C=O) groups excluding carboxylic acids is 1. The number of nitrogens with one attached hydrogen (secondary N) is 2. The Balaban J connectivity index is 1.83. The van der Waals surface area contributed by atoms with Gasteiger partial charge >= 0.3 is 0 Å². The van der Waals surface area contributed by atoms with Crippen molar-refractivity contribution in [3.8, 4) is 0 Å². The minimum atomic E-state index is 0.213. The highest BCUT2D eigenvalue weighted by molar-refractivity contribution is 5.78. The molecule has 1 amide bonds. The molecule has 0 spiro atoms. The van der Waals surface area contributed by atoms with Crippen LogP contribution in [0.3, 0.4) is 0 Å². The summed E-state index contributed by atoms with van der Waals surface area (Å²) in [5.41, 5.74) is 0.996. The summed E-state index contributed by atoms with van der Waals surface area (Å²) in [5.74, 6) is 0.213. The van der Waals surface area contributed by atoms with Crippen molar-refractivity contribution in [2.75, 3.05) is 14.1 Å². The molecule has 0 unspecified atom stereocenters. The lowest BCUT2D eigenvalue weighted by Gasteiger charge is -2.34. The third-order valence-corrected chi connectivity index (χ3v) is 4.05. The first-order chi connectivity index (χ1) is 8.70. The summed E-state index contributed by atoms with van der Waals surface area (Å²) in [6, 6.07) is 4.94. The first-order valence-corrected chi connectivity index (χ1v) is 6.76. The van der Waals surface area contributed by atoms with Crippen LogP contribution in [0.2, 0.25) is 0 Å². The topological polar surface area (TPSA) is 48.1 Å². The molecule has 1 aromatic rings. The third kappa shape index (κ3) is 3.13. The van der Waals surface area contributed by atoms with Crippen LogP contribution in [0.5, 0.6) is 0 Å². The van der Waals surface area contributed by atoms with E-state index in [-0.39, 0.29) is 5.91 Å². The lowest BCUT2D eigenvalue weighted by molar-refractivity contribution is -0.131. The van der Waals surface area contributed by atoms with Crippen molar-refractivity contribution in [3.05, 3.63) is 24.0 Å². The Morgan fingerprint density at radius 2 is 2.17 bits per heavy atom. The summed E-state index contributed by atoms with van der Waals surface area (Å²) in [5, 5.41) is 3.32. The van der Waals surface area contributed by atoms with Gasteiger partial charge in [0.25, 0.3) is 0 Å².